The molecule has 2 rings (SSSR count). The van der Waals surface area contributed by atoms with E-state index in [0.717, 1.165) is 15.8 Å². The SMILES string of the molecule is Cc1ccccc1CSCCNC(=O)c1ccc(N(C)S(=O)(=O)N(C)C)cc1. The van der Waals surface area contributed by atoms with Crippen molar-refractivity contribution in [1.29, 1.82) is 0 Å². The lowest BCUT2D eigenvalue weighted by Crippen LogP contribution is -2.37. The second kappa shape index (κ2) is 9.95. The number of rotatable bonds is 9. The number of carbonyl (C=O) groups is 1. The smallest absolute Gasteiger partial charge is 0.303 e. The van der Waals surface area contributed by atoms with E-state index in [0.29, 0.717) is 17.8 Å². The molecule has 0 aliphatic rings. The first-order valence-corrected chi connectivity index (χ1v) is 11.5. The van der Waals surface area contributed by atoms with E-state index in [4.69, 9.17) is 0 Å². The molecule has 0 aliphatic heterocycles. The van der Waals surface area contributed by atoms with Crippen molar-refractivity contribution >= 4 is 33.6 Å². The fourth-order valence-corrected chi connectivity index (χ4v) is 4.31. The first kappa shape index (κ1) is 22.3. The van der Waals surface area contributed by atoms with Gasteiger partial charge in [0.15, 0.2) is 0 Å². The fourth-order valence-electron chi connectivity index (χ4n) is 2.49. The first-order valence-electron chi connectivity index (χ1n) is 8.90. The third-order valence-corrected chi connectivity index (χ3v) is 7.19. The number of nitrogens with one attached hydrogen (secondary N) is 1. The minimum atomic E-state index is -3.55. The van der Waals surface area contributed by atoms with Crippen molar-refractivity contribution in [3.05, 3.63) is 65.2 Å². The van der Waals surface area contributed by atoms with Crippen LogP contribution in [0.1, 0.15) is 21.5 Å². The van der Waals surface area contributed by atoms with Gasteiger partial charge in [-0.2, -0.15) is 24.5 Å². The van der Waals surface area contributed by atoms with Gasteiger partial charge in [-0.25, -0.2) is 0 Å². The van der Waals surface area contributed by atoms with Gasteiger partial charge in [-0.15, -0.1) is 0 Å². The van der Waals surface area contributed by atoms with Crippen LogP contribution >= 0.6 is 11.8 Å². The summed E-state index contributed by atoms with van der Waals surface area (Å²) in [6.45, 7) is 2.68. The van der Waals surface area contributed by atoms with Crippen molar-refractivity contribution < 1.29 is 13.2 Å². The Balaban J connectivity index is 1.82. The normalized spacial score (nSPS) is 11.5. The summed E-state index contributed by atoms with van der Waals surface area (Å²) >= 11 is 1.78. The number of thioether (sulfide) groups is 1. The molecule has 0 fully saturated rings. The Morgan fingerprint density at radius 3 is 2.29 bits per heavy atom. The van der Waals surface area contributed by atoms with E-state index in [-0.39, 0.29) is 5.91 Å². The zero-order valence-electron chi connectivity index (χ0n) is 16.7. The van der Waals surface area contributed by atoms with E-state index >= 15 is 0 Å². The summed E-state index contributed by atoms with van der Waals surface area (Å²) in [5.74, 6) is 1.58. The number of amides is 1. The van der Waals surface area contributed by atoms with Crippen molar-refractivity contribution in [2.75, 3.05) is 37.7 Å². The highest BCUT2D eigenvalue weighted by Gasteiger charge is 2.21. The molecule has 1 amide bonds. The molecule has 0 bridgehead atoms. The second-order valence-corrected chi connectivity index (χ2v) is 9.82. The average molecular weight is 422 g/mol. The van der Waals surface area contributed by atoms with Gasteiger partial charge in [0.2, 0.25) is 0 Å². The molecule has 0 heterocycles. The van der Waals surface area contributed by atoms with Crippen LogP contribution in [0.25, 0.3) is 0 Å². The molecule has 0 unspecified atom stereocenters. The second-order valence-electron chi connectivity index (χ2n) is 6.54. The van der Waals surface area contributed by atoms with Crippen LogP contribution < -0.4 is 9.62 Å². The van der Waals surface area contributed by atoms with Gasteiger partial charge in [-0.1, -0.05) is 24.3 Å². The standard InChI is InChI=1S/C20H27N3O3S2/c1-16-7-5-6-8-18(16)15-27-14-13-21-20(24)17-9-11-19(12-10-17)23(4)28(25,26)22(2)3/h5-12H,13-15H2,1-4H3,(H,21,24). The zero-order chi connectivity index (χ0) is 20.7. The number of hydrogen-bond donors (Lipinski definition) is 1. The van der Waals surface area contributed by atoms with Gasteiger partial charge in [-0.3, -0.25) is 9.10 Å². The Morgan fingerprint density at radius 2 is 1.68 bits per heavy atom. The third-order valence-electron chi connectivity index (χ3n) is 4.35. The maximum absolute atomic E-state index is 12.3. The molecule has 2 aromatic carbocycles. The van der Waals surface area contributed by atoms with E-state index in [1.165, 1.54) is 36.6 Å². The van der Waals surface area contributed by atoms with Crippen molar-refractivity contribution in [2.24, 2.45) is 0 Å². The molecule has 0 radical (unpaired) electrons. The number of carbonyl (C=O) groups excluding carboxylic acids is 1. The fraction of sp³-hybridized carbons (Fsp3) is 0.350. The first-order chi connectivity index (χ1) is 13.2. The van der Waals surface area contributed by atoms with Gasteiger partial charge in [0, 0.05) is 44.8 Å². The van der Waals surface area contributed by atoms with Crippen LogP contribution in [0.5, 0.6) is 0 Å². The minimum absolute atomic E-state index is 0.166. The number of anilines is 1. The lowest BCUT2D eigenvalue weighted by molar-refractivity contribution is 0.0956. The summed E-state index contributed by atoms with van der Waals surface area (Å²) in [7, 11) is 0.890. The Bertz CT molecular complexity index is 897. The summed E-state index contributed by atoms with van der Waals surface area (Å²) in [5, 5.41) is 2.90. The molecule has 152 valence electrons. The predicted octanol–water partition coefficient (Wildman–Crippen LogP) is 2.90. The molecule has 1 N–H and O–H groups in total. The molecular weight excluding hydrogens is 394 g/mol. The van der Waals surface area contributed by atoms with E-state index in [1.807, 2.05) is 12.1 Å². The van der Waals surface area contributed by atoms with E-state index in [1.54, 1.807) is 36.0 Å². The van der Waals surface area contributed by atoms with Gasteiger partial charge in [0.1, 0.15) is 0 Å². The van der Waals surface area contributed by atoms with Crippen LogP contribution in [0.2, 0.25) is 0 Å². The van der Waals surface area contributed by atoms with E-state index in [9.17, 15) is 13.2 Å². The Kier molecular flexibility index (Phi) is 7.91. The van der Waals surface area contributed by atoms with Crippen LogP contribution in [0, 0.1) is 6.92 Å². The number of hydrogen-bond acceptors (Lipinski definition) is 4. The van der Waals surface area contributed by atoms with Crippen molar-refractivity contribution in [1.82, 2.24) is 9.62 Å². The van der Waals surface area contributed by atoms with Crippen LogP contribution in [0.15, 0.2) is 48.5 Å². The third kappa shape index (κ3) is 5.73. The molecule has 0 saturated heterocycles. The molecule has 0 saturated carbocycles. The van der Waals surface area contributed by atoms with Crippen molar-refractivity contribution in [3.8, 4) is 0 Å². The molecule has 6 nitrogen and oxygen atoms in total. The molecule has 2 aromatic rings. The molecule has 0 spiro atoms. The summed E-state index contributed by atoms with van der Waals surface area (Å²) in [4.78, 5) is 12.3. The lowest BCUT2D eigenvalue weighted by atomic mass is 10.1. The maximum Gasteiger partial charge on any atom is 0.303 e. The Morgan fingerprint density at radius 1 is 1.04 bits per heavy atom. The highest BCUT2D eigenvalue weighted by molar-refractivity contribution is 7.98. The van der Waals surface area contributed by atoms with Gasteiger partial charge in [0.05, 0.1) is 5.69 Å². The lowest BCUT2D eigenvalue weighted by Gasteiger charge is -2.23. The Hall–Kier alpha value is -2.03. The monoisotopic (exact) mass is 421 g/mol. The molecular formula is C20H27N3O3S2. The topological polar surface area (TPSA) is 69.7 Å². The van der Waals surface area contributed by atoms with Crippen LogP contribution in [0.4, 0.5) is 5.69 Å². The molecule has 0 aliphatic carbocycles. The quantitative estimate of drug-likeness (QED) is 0.632. The molecule has 0 aromatic heterocycles. The average Bonchev–Trinajstić information content (AvgIpc) is 2.68. The maximum atomic E-state index is 12.3. The van der Waals surface area contributed by atoms with Crippen molar-refractivity contribution in [3.63, 3.8) is 0 Å². The van der Waals surface area contributed by atoms with Gasteiger partial charge in [0.25, 0.3) is 5.91 Å². The summed E-state index contributed by atoms with van der Waals surface area (Å²) < 4.78 is 26.6. The van der Waals surface area contributed by atoms with Crippen molar-refractivity contribution in [2.45, 2.75) is 12.7 Å². The number of nitrogens with zero attached hydrogens (tertiary/aromatic N) is 2. The minimum Gasteiger partial charge on any atom is -0.351 e. The molecule has 8 heteroatoms. The van der Waals surface area contributed by atoms with E-state index in [2.05, 4.69) is 24.4 Å². The zero-order valence-corrected chi connectivity index (χ0v) is 18.3. The Labute approximate surface area is 172 Å². The highest BCUT2D eigenvalue weighted by atomic mass is 32.2. The molecule has 0 atom stereocenters. The predicted molar refractivity (Wildman–Crippen MR) is 117 cm³/mol. The van der Waals surface area contributed by atoms with Crippen LogP contribution in [-0.2, 0) is 16.0 Å². The van der Waals surface area contributed by atoms with Gasteiger partial charge < -0.3 is 5.32 Å². The molecule has 28 heavy (non-hydrogen) atoms. The summed E-state index contributed by atoms with van der Waals surface area (Å²) in [6.07, 6.45) is 0. The number of aryl methyl sites for hydroxylation is 1. The summed E-state index contributed by atoms with van der Waals surface area (Å²) in [5.41, 5.74) is 3.59. The van der Waals surface area contributed by atoms with Crippen LogP contribution in [0.3, 0.4) is 0 Å². The summed E-state index contributed by atoms with van der Waals surface area (Å²) in [6, 6.07) is 14.8. The van der Waals surface area contributed by atoms with Gasteiger partial charge in [-0.05, 0) is 42.3 Å². The largest absolute Gasteiger partial charge is 0.351 e. The van der Waals surface area contributed by atoms with Crippen LogP contribution in [-0.4, -0.2) is 52.1 Å². The number of benzene rings is 2. The highest BCUT2D eigenvalue weighted by Crippen LogP contribution is 2.18. The van der Waals surface area contributed by atoms with E-state index < -0.39 is 10.2 Å². The van der Waals surface area contributed by atoms with Gasteiger partial charge >= 0.3 is 10.2 Å².